The molecule has 2 nitrogen and oxygen atoms in total. The third kappa shape index (κ3) is 1.33. The molecular formula is C12H14N2. The van der Waals surface area contributed by atoms with E-state index >= 15 is 0 Å². The summed E-state index contributed by atoms with van der Waals surface area (Å²) < 4.78 is 2.06. The van der Waals surface area contributed by atoms with E-state index in [0.717, 1.165) is 23.5 Å². The minimum atomic E-state index is 0.944. The number of hydrogen-bond acceptors (Lipinski definition) is 1. The first kappa shape index (κ1) is 9.00. The molecule has 0 fully saturated rings. The Morgan fingerprint density at radius 3 is 2.93 bits per heavy atom. The minimum Gasteiger partial charge on any atom is -0.306 e. The molecule has 2 heteroatoms. The maximum absolute atomic E-state index is 4.51. The van der Waals surface area contributed by atoms with Crippen LogP contribution in [0.25, 0.3) is 16.7 Å². The van der Waals surface area contributed by atoms with E-state index in [9.17, 15) is 0 Å². The van der Waals surface area contributed by atoms with Crippen LogP contribution >= 0.6 is 0 Å². The maximum atomic E-state index is 4.51. The Morgan fingerprint density at radius 1 is 1.43 bits per heavy atom. The Kier molecular flexibility index (Phi) is 2.12. The molecule has 0 bridgehead atoms. The van der Waals surface area contributed by atoms with Crippen molar-refractivity contribution in [2.24, 2.45) is 0 Å². The second-order valence-electron chi connectivity index (χ2n) is 3.47. The molecule has 14 heavy (non-hydrogen) atoms. The fourth-order valence-electron chi connectivity index (χ4n) is 1.53. The topological polar surface area (TPSA) is 17.8 Å². The summed E-state index contributed by atoms with van der Waals surface area (Å²) in [6.45, 7) is 8.13. The van der Waals surface area contributed by atoms with Crippen LogP contribution in [0.4, 0.5) is 0 Å². The predicted octanol–water partition coefficient (Wildman–Crippen LogP) is 3.23. The van der Waals surface area contributed by atoms with Gasteiger partial charge in [-0.25, -0.2) is 4.98 Å². The van der Waals surface area contributed by atoms with E-state index in [1.165, 1.54) is 5.39 Å². The lowest BCUT2D eigenvalue weighted by Crippen LogP contribution is -1.94. The molecule has 0 aliphatic rings. The van der Waals surface area contributed by atoms with Crippen molar-refractivity contribution in [3.8, 4) is 0 Å². The summed E-state index contributed by atoms with van der Waals surface area (Å²) in [5, 5.41) is 1.17. The van der Waals surface area contributed by atoms with Gasteiger partial charge in [0.05, 0.1) is 0 Å². The molecule has 0 unspecified atom stereocenters. The lowest BCUT2D eigenvalue weighted by atomic mass is 10.3. The second kappa shape index (κ2) is 3.29. The highest BCUT2D eigenvalue weighted by atomic mass is 15.0. The molecule has 0 aliphatic heterocycles. The predicted molar refractivity (Wildman–Crippen MR) is 60.1 cm³/mol. The first-order valence-electron chi connectivity index (χ1n) is 4.85. The van der Waals surface area contributed by atoms with Crippen molar-refractivity contribution in [2.75, 3.05) is 0 Å². The van der Waals surface area contributed by atoms with Crippen LogP contribution in [0.2, 0.25) is 0 Å². The van der Waals surface area contributed by atoms with E-state index in [1.807, 2.05) is 19.2 Å². The Labute approximate surface area is 83.9 Å². The van der Waals surface area contributed by atoms with Crippen LogP contribution < -0.4 is 0 Å². The van der Waals surface area contributed by atoms with Crippen LogP contribution in [0.1, 0.15) is 19.0 Å². The van der Waals surface area contributed by atoms with Gasteiger partial charge in [-0.05, 0) is 31.5 Å². The van der Waals surface area contributed by atoms with Crippen LogP contribution in [-0.2, 0) is 0 Å². The van der Waals surface area contributed by atoms with Crippen molar-refractivity contribution < 1.29 is 0 Å². The standard InChI is InChI=1S/C12H14N2/c1-4-10(3)14-8-7-11-6-5-9(2)13-12(11)14/h5-8H,3-4H2,1-2H3. The molecule has 0 aromatic carbocycles. The van der Waals surface area contributed by atoms with Crippen molar-refractivity contribution >= 4 is 16.7 Å². The van der Waals surface area contributed by atoms with Crippen LogP contribution in [0, 0.1) is 6.92 Å². The zero-order valence-electron chi connectivity index (χ0n) is 8.62. The van der Waals surface area contributed by atoms with E-state index in [1.54, 1.807) is 0 Å². The molecule has 2 aromatic heterocycles. The molecule has 0 saturated carbocycles. The van der Waals surface area contributed by atoms with E-state index in [0.29, 0.717) is 0 Å². The van der Waals surface area contributed by atoms with Gasteiger partial charge in [0.25, 0.3) is 0 Å². The smallest absolute Gasteiger partial charge is 0.144 e. The SMILES string of the molecule is C=C(CC)n1ccc2ccc(C)nc21. The minimum absolute atomic E-state index is 0.944. The molecular weight excluding hydrogens is 172 g/mol. The zero-order chi connectivity index (χ0) is 10.1. The first-order chi connectivity index (χ1) is 6.72. The summed E-state index contributed by atoms with van der Waals surface area (Å²) in [4.78, 5) is 4.51. The monoisotopic (exact) mass is 186 g/mol. The van der Waals surface area contributed by atoms with Crippen molar-refractivity contribution in [1.82, 2.24) is 9.55 Å². The fraction of sp³-hybridized carbons (Fsp3) is 0.250. The van der Waals surface area contributed by atoms with Crippen molar-refractivity contribution in [2.45, 2.75) is 20.3 Å². The summed E-state index contributed by atoms with van der Waals surface area (Å²) in [5.74, 6) is 0. The molecule has 0 N–H and O–H groups in total. The van der Waals surface area contributed by atoms with E-state index < -0.39 is 0 Å². The average molecular weight is 186 g/mol. The third-order valence-corrected chi connectivity index (χ3v) is 2.42. The molecule has 2 rings (SSSR count). The van der Waals surface area contributed by atoms with E-state index in [4.69, 9.17) is 0 Å². The molecule has 0 saturated heterocycles. The molecule has 2 aromatic rings. The highest BCUT2D eigenvalue weighted by Gasteiger charge is 2.03. The number of nitrogens with zero attached hydrogens (tertiary/aromatic N) is 2. The Bertz CT molecular complexity index is 480. The van der Waals surface area contributed by atoms with Gasteiger partial charge in [0.1, 0.15) is 5.65 Å². The van der Waals surface area contributed by atoms with Crippen molar-refractivity contribution in [3.05, 3.63) is 36.7 Å². The van der Waals surface area contributed by atoms with Crippen molar-refractivity contribution in [3.63, 3.8) is 0 Å². The number of hydrogen-bond donors (Lipinski definition) is 0. The fourth-order valence-corrected chi connectivity index (χ4v) is 1.53. The highest BCUT2D eigenvalue weighted by Crippen LogP contribution is 2.18. The Hall–Kier alpha value is -1.57. The molecule has 72 valence electrons. The third-order valence-electron chi connectivity index (χ3n) is 2.42. The summed E-state index contributed by atoms with van der Waals surface area (Å²) in [5.41, 5.74) is 3.14. The van der Waals surface area contributed by atoms with E-state index in [2.05, 4.69) is 35.2 Å². The lowest BCUT2D eigenvalue weighted by molar-refractivity contribution is 1.03. The summed E-state index contributed by atoms with van der Waals surface area (Å²) in [6, 6.07) is 6.20. The molecule has 0 amide bonds. The number of aromatic nitrogens is 2. The summed E-state index contributed by atoms with van der Waals surface area (Å²) in [6.07, 6.45) is 2.97. The Morgan fingerprint density at radius 2 is 2.21 bits per heavy atom. The number of allylic oxidation sites excluding steroid dienone is 1. The molecule has 0 radical (unpaired) electrons. The largest absolute Gasteiger partial charge is 0.306 e. The maximum Gasteiger partial charge on any atom is 0.144 e. The quantitative estimate of drug-likeness (QED) is 0.704. The van der Waals surface area contributed by atoms with Crippen LogP contribution in [0.15, 0.2) is 31.0 Å². The molecule has 0 atom stereocenters. The number of fused-ring (bicyclic) bond motifs is 1. The number of aryl methyl sites for hydroxylation is 1. The zero-order valence-corrected chi connectivity index (χ0v) is 8.62. The van der Waals surface area contributed by atoms with Crippen molar-refractivity contribution in [1.29, 1.82) is 0 Å². The van der Waals surface area contributed by atoms with Gasteiger partial charge in [-0.15, -0.1) is 0 Å². The highest BCUT2D eigenvalue weighted by molar-refractivity contribution is 5.79. The normalized spacial score (nSPS) is 10.7. The number of rotatable bonds is 2. The first-order valence-corrected chi connectivity index (χ1v) is 4.85. The van der Waals surface area contributed by atoms with Gasteiger partial charge in [0, 0.05) is 23.0 Å². The van der Waals surface area contributed by atoms with Crippen LogP contribution in [-0.4, -0.2) is 9.55 Å². The Balaban J connectivity index is 2.67. The van der Waals surface area contributed by atoms with Gasteiger partial charge in [0.2, 0.25) is 0 Å². The second-order valence-corrected chi connectivity index (χ2v) is 3.47. The van der Waals surface area contributed by atoms with Gasteiger partial charge in [-0.1, -0.05) is 13.5 Å². The van der Waals surface area contributed by atoms with Crippen LogP contribution in [0.5, 0.6) is 0 Å². The van der Waals surface area contributed by atoms with Gasteiger partial charge >= 0.3 is 0 Å². The van der Waals surface area contributed by atoms with Gasteiger partial charge in [-0.2, -0.15) is 0 Å². The van der Waals surface area contributed by atoms with E-state index in [-0.39, 0.29) is 0 Å². The van der Waals surface area contributed by atoms with Gasteiger partial charge < -0.3 is 4.57 Å². The molecule has 0 spiro atoms. The molecule has 2 heterocycles. The van der Waals surface area contributed by atoms with Gasteiger partial charge in [0.15, 0.2) is 0 Å². The molecule has 0 aliphatic carbocycles. The van der Waals surface area contributed by atoms with Gasteiger partial charge in [-0.3, -0.25) is 0 Å². The average Bonchev–Trinajstić information content (AvgIpc) is 2.59. The summed E-state index contributed by atoms with van der Waals surface area (Å²) >= 11 is 0. The lowest BCUT2D eigenvalue weighted by Gasteiger charge is -2.05. The van der Waals surface area contributed by atoms with Crippen LogP contribution in [0.3, 0.4) is 0 Å². The summed E-state index contributed by atoms with van der Waals surface area (Å²) in [7, 11) is 0. The number of pyridine rings is 1.